The van der Waals surface area contributed by atoms with E-state index in [4.69, 9.17) is 5.53 Å². The van der Waals surface area contributed by atoms with E-state index in [0.29, 0.717) is 11.3 Å². The Labute approximate surface area is 70.1 Å². The highest BCUT2D eigenvalue weighted by molar-refractivity contribution is 5.94. The van der Waals surface area contributed by atoms with Gasteiger partial charge in [-0.2, -0.15) is 0 Å². The smallest absolute Gasteiger partial charge is 0.251 e. The average molecular weight is 162 g/mol. The first-order chi connectivity index (χ1) is 5.77. The van der Waals surface area contributed by atoms with Crippen LogP contribution in [-0.2, 0) is 0 Å². The molecular formula is C8H8N3O-. The van der Waals surface area contributed by atoms with Gasteiger partial charge in [-0.15, -0.1) is 0 Å². The third-order valence-corrected chi connectivity index (χ3v) is 1.47. The standard InChI is InChI=1S/C8H8N3O/c1-10-8(12)6-2-4-7(11-9)5-3-6/h2-5H,1H3,(H,10,12)/q-1. The first kappa shape index (κ1) is 8.39. The van der Waals surface area contributed by atoms with Gasteiger partial charge in [-0.1, -0.05) is 0 Å². The summed E-state index contributed by atoms with van der Waals surface area (Å²) in [6.07, 6.45) is 0. The monoisotopic (exact) mass is 162 g/mol. The molecule has 4 heteroatoms. The van der Waals surface area contributed by atoms with Crippen LogP contribution in [0.5, 0.6) is 0 Å². The Morgan fingerprint density at radius 2 is 2.00 bits per heavy atom. The molecule has 1 aromatic rings. The minimum atomic E-state index is -0.153. The van der Waals surface area contributed by atoms with Crippen molar-refractivity contribution in [3.63, 3.8) is 0 Å². The number of hydrogen-bond donors (Lipinski definition) is 1. The van der Waals surface area contributed by atoms with Gasteiger partial charge in [0.05, 0.1) is 0 Å². The van der Waals surface area contributed by atoms with Crippen molar-refractivity contribution in [3.8, 4) is 0 Å². The van der Waals surface area contributed by atoms with E-state index >= 15 is 0 Å². The molecule has 4 nitrogen and oxygen atoms in total. The molecule has 0 unspecified atom stereocenters. The number of rotatable bonds is 2. The average Bonchev–Trinajstić information content (AvgIpc) is 2.17. The molecule has 0 fully saturated rings. The number of carbonyl (C=O) groups excluding carboxylic acids is 1. The van der Waals surface area contributed by atoms with Gasteiger partial charge in [0.1, 0.15) is 0 Å². The highest BCUT2D eigenvalue weighted by Crippen LogP contribution is 2.12. The summed E-state index contributed by atoms with van der Waals surface area (Å²) in [5.41, 5.74) is 9.33. The van der Waals surface area contributed by atoms with Crippen molar-refractivity contribution in [1.82, 2.24) is 5.32 Å². The Balaban J connectivity index is 2.91. The van der Waals surface area contributed by atoms with Gasteiger partial charge < -0.3 is 16.0 Å². The second-order valence-electron chi connectivity index (χ2n) is 2.23. The molecule has 1 N–H and O–H groups in total. The molecular weight excluding hydrogens is 154 g/mol. The molecule has 0 aliphatic carbocycles. The summed E-state index contributed by atoms with van der Waals surface area (Å²) in [5.74, 6) is -0.153. The lowest BCUT2D eigenvalue weighted by atomic mass is 10.2. The van der Waals surface area contributed by atoms with Gasteiger partial charge in [-0.05, 0) is 24.3 Å². The van der Waals surface area contributed by atoms with Crippen molar-refractivity contribution >= 4 is 11.6 Å². The lowest BCUT2D eigenvalue weighted by Crippen LogP contribution is -2.17. The molecule has 1 rings (SSSR count). The van der Waals surface area contributed by atoms with Gasteiger partial charge >= 0.3 is 0 Å². The van der Waals surface area contributed by atoms with Crippen LogP contribution in [0.2, 0.25) is 0 Å². The van der Waals surface area contributed by atoms with Crippen LogP contribution < -0.4 is 5.32 Å². The zero-order valence-electron chi connectivity index (χ0n) is 6.61. The molecule has 0 spiro atoms. The van der Waals surface area contributed by atoms with E-state index in [1.807, 2.05) is 0 Å². The number of benzene rings is 1. The highest BCUT2D eigenvalue weighted by Gasteiger charge is 1.99. The number of nitrogens with one attached hydrogen (secondary N) is 1. The first-order valence-corrected chi connectivity index (χ1v) is 3.45. The molecule has 0 saturated heterocycles. The van der Waals surface area contributed by atoms with Crippen LogP contribution in [0.3, 0.4) is 0 Å². The number of nitrogens with zero attached hydrogens (tertiary/aromatic N) is 2. The lowest BCUT2D eigenvalue weighted by molar-refractivity contribution is 0.0963. The Hall–Kier alpha value is -1.71. The van der Waals surface area contributed by atoms with Gasteiger partial charge in [0.15, 0.2) is 0 Å². The van der Waals surface area contributed by atoms with Gasteiger partial charge in [0.2, 0.25) is 0 Å². The highest BCUT2D eigenvalue weighted by atomic mass is 16.1. The van der Waals surface area contributed by atoms with Crippen LogP contribution >= 0.6 is 0 Å². The molecule has 0 aromatic heterocycles. The minimum absolute atomic E-state index is 0.153. The molecule has 1 amide bonds. The summed E-state index contributed by atoms with van der Waals surface area (Å²) in [6.45, 7) is 0. The maximum Gasteiger partial charge on any atom is 0.251 e. The summed E-state index contributed by atoms with van der Waals surface area (Å²) in [4.78, 5) is 11.0. The van der Waals surface area contributed by atoms with E-state index in [9.17, 15) is 4.79 Å². The zero-order valence-corrected chi connectivity index (χ0v) is 6.61. The van der Waals surface area contributed by atoms with Crippen LogP contribution in [0, 0.1) is 0 Å². The van der Waals surface area contributed by atoms with Crippen molar-refractivity contribution in [1.29, 1.82) is 0 Å². The SMILES string of the molecule is CNC(=O)c1ccc(N=[N-])cc1. The van der Waals surface area contributed by atoms with Gasteiger partial charge in [0, 0.05) is 18.3 Å². The number of carbonyl (C=O) groups is 1. The topological polar surface area (TPSA) is 63.8 Å². The molecule has 0 heterocycles. The second kappa shape index (κ2) is 3.61. The van der Waals surface area contributed by atoms with E-state index in [0.717, 1.165) is 0 Å². The summed E-state index contributed by atoms with van der Waals surface area (Å²) in [6, 6.07) is 6.30. The van der Waals surface area contributed by atoms with E-state index in [1.54, 1.807) is 31.3 Å². The van der Waals surface area contributed by atoms with Gasteiger partial charge in [-0.25, -0.2) is 0 Å². The van der Waals surface area contributed by atoms with Crippen molar-refractivity contribution in [3.05, 3.63) is 35.4 Å². The fourth-order valence-corrected chi connectivity index (χ4v) is 0.824. The van der Waals surface area contributed by atoms with E-state index < -0.39 is 0 Å². The Kier molecular flexibility index (Phi) is 2.53. The summed E-state index contributed by atoms with van der Waals surface area (Å²) in [5, 5.41) is 5.45. The second-order valence-corrected chi connectivity index (χ2v) is 2.23. The third-order valence-electron chi connectivity index (χ3n) is 1.47. The molecule has 62 valence electrons. The van der Waals surface area contributed by atoms with Crippen molar-refractivity contribution < 1.29 is 4.79 Å². The Bertz CT molecular complexity index is 292. The molecule has 0 radical (unpaired) electrons. The summed E-state index contributed by atoms with van der Waals surface area (Å²) >= 11 is 0. The fraction of sp³-hybridized carbons (Fsp3) is 0.125. The molecule has 0 bridgehead atoms. The quantitative estimate of drug-likeness (QED) is 0.661. The Morgan fingerprint density at radius 1 is 1.42 bits per heavy atom. The predicted molar refractivity (Wildman–Crippen MR) is 45.3 cm³/mol. The molecule has 0 aliphatic heterocycles. The van der Waals surface area contributed by atoms with Crippen molar-refractivity contribution in [2.75, 3.05) is 7.05 Å². The summed E-state index contributed by atoms with van der Waals surface area (Å²) < 4.78 is 0. The van der Waals surface area contributed by atoms with E-state index in [1.165, 1.54) is 0 Å². The molecule has 0 atom stereocenters. The molecule has 1 aromatic carbocycles. The minimum Gasteiger partial charge on any atom is -0.706 e. The number of amides is 1. The van der Waals surface area contributed by atoms with Crippen LogP contribution in [0.15, 0.2) is 29.4 Å². The maximum atomic E-state index is 11.0. The van der Waals surface area contributed by atoms with Gasteiger partial charge in [0.25, 0.3) is 5.91 Å². The van der Waals surface area contributed by atoms with Crippen molar-refractivity contribution in [2.45, 2.75) is 0 Å². The normalized spacial score (nSPS) is 9.08. The maximum absolute atomic E-state index is 11.0. The van der Waals surface area contributed by atoms with Crippen LogP contribution in [-0.4, -0.2) is 13.0 Å². The van der Waals surface area contributed by atoms with Crippen LogP contribution in [0.25, 0.3) is 5.53 Å². The predicted octanol–water partition coefficient (Wildman–Crippen LogP) is 1.70. The van der Waals surface area contributed by atoms with Crippen LogP contribution in [0.4, 0.5) is 5.69 Å². The van der Waals surface area contributed by atoms with E-state index in [-0.39, 0.29) is 5.91 Å². The summed E-state index contributed by atoms with van der Waals surface area (Å²) in [7, 11) is 1.56. The van der Waals surface area contributed by atoms with Crippen LogP contribution in [0.1, 0.15) is 10.4 Å². The largest absolute Gasteiger partial charge is 0.706 e. The third kappa shape index (κ3) is 1.66. The van der Waals surface area contributed by atoms with Gasteiger partial charge in [-0.3, -0.25) is 4.79 Å². The lowest BCUT2D eigenvalue weighted by Gasteiger charge is -2.00. The zero-order chi connectivity index (χ0) is 8.97. The Morgan fingerprint density at radius 3 is 2.42 bits per heavy atom. The number of hydrogen-bond acceptors (Lipinski definition) is 2. The molecule has 0 aliphatic rings. The van der Waals surface area contributed by atoms with E-state index in [2.05, 4.69) is 10.4 Å². The molecule has 12 heavy (non-hydrogen) atoms. The molecule has 0 saturated carbocycles. The van der Waals surface area contributed by atoms with Crippen molar-refractivity contribution in [2.24, 2.45) is 5.11 Å². The first-order valence-electron chi connectivity index (χ1n) is 3.45. The fourth-order valence-electron chi connectivity index (χ4n) is 0.824.